The standard InChI is InChI=1S/C16H21NO4/c1-16(2,3)21-15(18)14-10-8-13(9-11-14)7-5-4-6-12-17(19)20/h6,8-12H,4-5,7H2,1-3H3. The number of nitrogens with zero attached hydrogens (tertiary/aromatic N) is 1. The molecule has 0 unspecified atom stereocenters. The number of aryl methyl sites for hydroxylation is 1. The topological polar surface area (TPSA) is 69.4 Å². The Balaban J connectivity index is 2.47. The number of carbonyl (C=O) groups is 1. The maximum Gasteiger partial charge on any atom is 0.338 e. The Bertz CT molecular complexity index is 512. The molecule has 0 heterocycles. The molecule has 0 fully saturated rings. The van der Waals surface area contributed by atoms with E-state index in [0.717, 1.165) is 24.6 Å². The number of esters is 1. The minimum absolute atomic E-state index is 0.331. The number of rotatable bonds is 6. The van der Waals surface area contributed by atoms with Crippen LogP contribution in [0, 0.1) is 10.1 Å². The third-order valence-corrected chi connectivity index (χ3v) is 2.65. The number of carbonyl (C=O) groups excluding carboxylic acids is 1. The normalized spacial score (nSPS) is 11.6. The minimum atomic E-state index is -0.501. The Labute approximate surface area is 124 Å². The van der Waals surface area contributed by atoms with E-state index in [1.54, 1.807) is 18.2 Å². The third kappa shape index (κ3) is 7.25. The zero-order chi connectivity index (χ0) is 15.9. The largest absolute Gasteiger partial charge is 0.456 e. The molecule has 0 amide bonds. The van der Waals surface area contributed by atoms with Gasteiger partial charge < -0.3 is 4.74 Å². The molecule has 0 bridgehead atoms. The van der Waals surface area contributed by atoms with Crippen LogP contribution in [0.15, 0.2) is 36.5 Å². The number of allylic oxidation sites excluding steroid dienone is 1. The highest BCUT2D eigenvalue weighted by atomic mass is 16.6. The second kappa shape index (κ2) is 7.57. The Morgan fingerprint density at radius 3 is 2.43 bits per heavy atom. The lowest BCUT2D eigenvalue weighted by Gasteiger charge is -2.19. The van der Waals surface area contributed by atoms with Crippen LogP contribution >= 0.6 is 0 Å². The summed E-state index contributed by atoms with van der Waals surface area (Å²) in [6.45, 7) is 5.49. The van der Waals surface area contributed by atoms with Crippen LogP contribution in [-0.2, 0) is 11.2 Å². The minimum Gasteiger partial charge on any atom is -0.456 e. The van der Waals surface area contributed by atoms with E-state index < -0.39 is 10.5 Å². The van der Waals surface area contributed by atoms with Gasteiger partial charge in [0.15, 0.2) is 0 Å². The molecule has 0 atom stereocenters. The smallest absolute Gasteiger partial charge is 0.338 e. The van der Waals surface area contributed by atoms with Gasteiger partial charge in [-0.1, -0.05) is 12.1 Å². The molecule has 0 saturated heterocycles. The van der Waals surface area contributed by atoms with Gasteiger partial charge in [-0.05, 0) is 63.8 Å². The van der Waals surface area contributed by atoms with Gasteiger partial charge in [-0.2, -0.15) is 0 Å². The van der Waals surface area contributed by atoms with Crippen LogP contribution in [0.5, 0.6) is 0 Å². The van der Waals surface area contributed by atoms with E-state index in [2.05, 4.69) is 0 Å². The second-order valence-electron chi connectivity index (χ2n) is 5.76. The predicted molar refractivity (Wildman–Crippen MR) is 80.7 cm³/mol. The molecular formula is C16H21NO4. The molecule has 5 heteroatoms. The van der Waals surface area contributed by atoms with E-state index in [4.69, 9.17) is 4.74 Å². The number of nitro groups is 1. The first-order chi connectivity index (χ1) is 9.78. The van der Waals surface area contributed by atoms with Gasteiger partial charge in [0.05, 0.1) is 10.5 Å². The summed E-state index contributed by atoms with van der Waals surface area (Å²) in [5, 5.41) is 10.1. The summed E-state index contributed by atoms with van der Waals surface area (Å²) in [5.74, 6) is -0.331. The molecule has 0 aliphatic heterocycles. The average molecular weight is 291 g/mol. The van der Waals surface area contributed by atoms with Crippen molar-refractivity contribution in [1.82, 2.24) is 0 Å². The Hall–Kier alpha value is -2.17. The van der Waals surface area contributed by atoms with Gasteiger partial charge in [-0.25, -0.2) is 4.79 Å². The van der Waals surface area contributed by atoms with Gasteiger partial charge >= 0.3 is 5.97 Å². The fourth-order valence-corrected chi connectivity index (χ4v) is 1.73. The predicted octanol–water partition coefficient (Wildman–Crippen LogP) is 3.76. The van der Waals surface area contributed by atoms with Gasteiger partial charge in [-0.15, -0.1) is 0 Å². The van der Waals surface area contributed by atoms with Crippen LogP contribution in [0.4, 0.5) is 0 Å². The zero-order valence-corrected chi connectivity index (χ0v) is 12.7. The highest BCUT2D eigenvalue weighted by Crippen LogP contribution is 2.14. The van der Waals surface area contributed by atoms with Crippen molar-refractivity contribution in [3.63, 3.8) is 0 Å². The summed E-state index contributed by atoms with van der Waals surface area (Å²) in [5.41, 5.74) is 1.12. The van der Waals surface area contributed by atoms with Crippen molar-refractivity contribution < 1.29 is 14.5 Å². The highest BCUT2D eigenvalue weighted by molar-refractivity contribution is 5.89. The summed E-state index contributed by atoms with van der Waals surface area (Å²) >= 11 is 0. The number of unbranched alkanes of at least 4 members (excludes halogenated alkanes) is 1. The molecule has 5 nitrogen and oxygen atoms in total. The molecule has 1 aromatic rings. The molecule has 0 aromatic heterocycles. The molecule has 0 saturated carbocycles. The van der Waals surface area contributed by atoms with E-state index in [0.29, 0.717) is 12.0 Å². The van der Waals surface area contributed by atoms with Crippen LogP contribution in [-0.4, -0.2) is 16.5 Å². The fraction of sp³-hybridized carbons (Fsp3) is 0.438. The van der Waals surface area contributed by atoms with E-state index in [1.807, 2.05) is 32.9 Å². The first-order valence-corrected chi connectivity index (χ1v) is 6.90. The molecule has 1 aromatic carbocycles. The van der Waals surface area contributed by atoms with Gasteiger partial charge in [-0.3, -0.25) is 10.1 Å². The Morgan fingerprint density at radius 1 is 1.29 bits per heavy atom. The van der Waals surface area contributed by atoms with Gasteiger partial charge in [0.1, 0.15) is 5.60 Å². The summed E-state index contributed by atoms with van der Waals surface area (Å²) in [6.07, 6.45) is 4.82. The molecular weight excluding hydrogens is 270 g/mol. The molecule has 114 valence electrons. The maximum absolute atomic E-state index is 11.8. The van der Waals surface area contributed by atoms with Gasteiger partial charge in [0.2, 0.25) is 6.20 Å². The highest BCUT2D eigenvalue weighted by Gasteiger charge is 2.17. The molecule has 0 aliphatic rings. The van der Waals surface area contributed by atoms with Crippen molar-refractivity contribution >= 4 is 5.97 Å². The SMILES string of the molecule is CC(C)(C)OC(=O)c1ccc(CCCC=C[N+](=O)[O-])cc1. The van der Waals surface area contributed by atoms with Crippen LogP contribution in [0.25, 0.3) is 0 Å². The summed E-state index contributed by atoms with van der Waals surface area (Å²) in [4.78, 5) is 21.5. The molecule has 0 N–H and O–H groups in total. The number of ether oxygens (including phenoxy) is 1. The monoisotopic (exact) mass is 291 g/mol. The summed E-state index contributed by atoms with van der Waals surface area (Å²) < 4.78 is 5.29. The van der Waals surface area contributed by atoms with Crippen LogP contribution in [0.3, 0.4) is 0 Å². The summed E-state index contributed by atoms with van der Waals surface area (Å²) in [7, 11) is 0. The van der Waals surface area contributed by atoms with E-state index >= 15 is 0 Å². The van der Waals surface area contributed by atoms with Crippen molar-refractivity contribution in [3.8, 4) is 0 Å². The lowest BCUT2D eigenvalue weighted by molar-refractivity contribution is -0.402. The van der Waals surface area contributed by atoms with E-state index in [9.17, 15) is 14.9 Å². The molecule has 0 spiro atoms. The molecule has 21 heavy (non-hydrogen) atoms. The lowest BCUT2D eigenvalue weighted by atomic mass is 10.1. The lowest BCUT2D eigenvalue weighted by Crippen LogP contribution is -2.23. The number of hydrogen-bond donors (Lipinski definition) is 0. The van der Waals surface area contributed by atoms with E-state index in [-0.39, 0.29) is 5.97 Å². The third-order valence-electron chi connectivity index (χ3n) is 2.65. The fourth-order valence-electron chi connectivity index (χ4n) is 1.73. The number of hydrogen-bond acceptors (Lipinski definition) is 4. The molecule has 0 aliphatic carbocycles. The van der Waals surface area contributed by atoms with Crippen LogP contribution in [0.1, 0.15) is 49.5 Å². The quantitative estimate of drug-likeness (QED) is 0.346. The van der Waals surface area contributed by atoms with Crippen molar-refractivity contribution in [3.05, 3.63) is 57.8 Å². The van der Waals surface area contributed by atoms with Crippen molar-refractivity contribution in [2.75, 3.05) is 0 Å². The Kier molecular flexibility index (Phi) is 6.09. The van der Waals surface area contributed by atoms with E-state index in [1.165, 1.54) is 0 Å². The van der Waals surface area contributed by atoms with Gasteiger partial charge in [0, 0.05) is 0 Å². The first kappa shape index (κ1) is 16.9. The zero-order valence-electron chi connectivity index (χ0n) is 12.7. The van der Waals surface area contributed by atoms with Crippen molar-refractivity contribution in [2.45, 2.75) is 45.6 Å². The molecule has 1 rings (SSSR count). The van der Waals surface area contributed by atoms with Crippen molar-refractivity contribution in [2.24, 2.45) is 0 Å². The number of benzene rings is 1. The Morgan fingerprint density at radius 2 is 1.90 bits per heavy atom. The van der Waals surface area contributed by atoms with Gasteiger partial charge in [0.25, 0.3) is 0 Å². The first-order valence-electron chi connectivity index (χ1n) is 6.90. The average Bonchev–Trinajstić information content (AvgIpc) is 2.36. The van der Waals surface area contributed by atoms with Crippen LogP contribution in [0.2, 0.25) is 0 Å². The summed E-state index contributed by atoms with van der Waals surface area (Å²) in [6, 6.07) is 7.26. The molecule has 0 radical (unpaired) electrons. The van der Waals surface area contributed by atoms with Crippen molar-refractivity contribution in [1.29, 1.82) is 0 Å². The maximum atomic E-state index is 11.8. The van der Waals surface area contributed by atoms with Crippen LogP contribution < -0.4 is 0 Å². The second-order valence-corrected chi connectivity index (χ2v) is 5.76.